The van der Waals surface area contributed by atoms with E-state index in [1.165, 1.54) is 4.90 Å². The highest BCUT2D eigenvalue weighted by Gasteiger charge is 2.41. The Hall–Kier alpha value is -1.14. The van der Waals surface area contributed by atoms with Crippen molar-refractivity contribution in [3.05, 3.63) is 0 Å². The number of rotatable bonds is 2. The number of aliphatic hydroxyl groups excluding tert-OH is 1. The van der Waals surface area contributed by atoms with Gasteiger partial charge in [0.2, 0.25) is 0 Å². The van der Waals surface area contributed by atoms with E-state index in [4.69, 9.17) is 9.84 Å². The molecule has 16 heavy (non-hydrogen) atoms. The van der Waals surface area contributed by atoms with Crippen molar-refractivity contribution in [3.63, 3.8) is 0 Å². The smallest absolute Gasteiger partial charge is 0.326 e. The standard InChI is InChI=1S/C10H15NO5/c12-6-4-7(10(14)15)11(5-6)9(13)8-2-1-3-16-8/h6-8,12H,1-5H2,(H,14,15)/t6?,7-,8-/m0/s1. The Bertz CT molecular complexity index is 300. The van der Waals surface area contributed by atoms with Crippen LogP contribution < -0.4 is 0 Å². The second-order valence-corrected chi connectivity index (χ2v) is 4.24. The summed E-state index contributed by atoms with van der Waals surface area (Å²) in [7, 11) is 0. The van der Waals surface area contributed by atoms with Crippen LogP contribution in [0.4, 0.5) is 0 Å². The first kappa shape index (κ1) is 11.3. The van der Waals surface area contributed by atoms with Crippen LogP contribution in [0.5, 0.6) is 0 Å². The number of β-amino-alcohol motifs (C(OH)–C–C–N with tert-alkyl or cyclic N) is 1. The zero-order chi connectivity index (χ0) is 11.7. The number of carbonyl (C=O) groups is 2. The van der Waals surface area contributed by atoms with E-state index in [1.54, 1.807) is 0 Å². The van der Waals surface area contributed by atoms with E-state index in [9.17, 15) is 14.7 Å². The number of hydrogen-bond donors (Lipinski definition) is 2. The van der Waals surface area contributed by atoms with Crippen LogP contribution in [0.2, 0.25) is 0 Å². The predicted octanol–water partition coefficient (Wildman–Crippen LogP) is -0.788. The summed E-state index contributed by atoms with van der Waals surface area (Å²) in [4.78, 5) is 24.1. The van der Waals surface area contributed by atoms with Crippen LogP contribution in [0, 0.1) is 0 Å². The molecule has 2 rings (SSSR count). The van der Waals surface area contributed by atoms with Gasteiger partial charge in [0, 0.05) is 19.6 Å². The maximum Gasteiger partial charge on any atom is 0.326 e. The number of aliphatic carboxylic acids is 1. The van der Waals surface area contributed by atoms with Crippen molar-refractivity contribution in [2.45, 2.75) is 37.5 Å². The van der Waals surface area contributed by atoms with E-state index in [0.29, 0.717) is 13.0 Å². The molecular weight excluding hydrogens is 214 g/mol. The van der Waals surface area contributed by atoms with Gasteiger partial charge in [-0.25, -0.2) is 4.79 Å². The topological polar surface area (TPSA) is 87.1 Å². The van der Waals surface area contributed by atoms with Gasteiger partial charge < -0.3 is 19.8 Å². The van der Waals surface area contributed by atoms with Gasteiger partial charge in [0.05, 0.1) is 6.10 Å². The van der Waals surface area contributed by atoms with Gasteiger partial charge in [-0.2, -0.15) is 0 Å². The van der Waals surface area contributed by atoms with E-state index in [1.807, 2.05) is 0 Å². The Labute approximate surface area is 92.8 Å². The number of carboxylic acid groups (broad SMARTS) is 1. The molecule has 1 amide bonds. The van der Waals surface area contributed by atoms with Gasteiger partial charge in [-0.05, 0) is 12.8 Å². The highest BCUT2D eigenvalue weighted by atomic mass is 16.5. The van der Waals surface area contributed by atoms with Gasteiger partial charge >= 0.3 is 5.97 Å². The summed E-state index contributed by atoms with van der Waals surface area (Å²) in [6.07, 6.45) is 0.300. The Balaban J connectivity index is 2.06. The first-order chi connectivity index (χ1) is 7.59. The molecular formula is C10H15NO5. The van der Waals surface area contributed by atoms with Crippen LogP contribution in [0.1, 0.15) is 19.3 Å². The average molecular weight is 229 g/mol. The molecule has 0 spiro atoms. The monoisotopic (exact) mass is 229 g/mol. The number of aliphatic hydroxyl groups is 1. The lowest BCUT2D eigenvalue weighted by atomic mass is 10.2. The molecule has 2 aliphatic rings. The third-order valence-electron chi connectivity index (χ3n) is 3.05. The molecule has 0 aromatic rings. The maximum atomic E-state index is 11.9. The van der Waals surface area contributed by atoms with Crippen molar-refractivity contribution in [3.8, 4) is 0 Å². The fourth-order valence-corrected chi connectivity index (χ4v) is 2.25. The fraction of sp³-hybridized carbons (Fsp3) is 0.800. The molecule has 2 heterocycles. The quantitative estimate of drug-likeness (QED) is 0.648. The lowest BCUT2D eigenvalue weighted by Crippen LogP contribution is -2.45. The first-order valence-electron chi connectivity index (χ1n) is 5.42. The molecule has 6 heteroatoms. The second-order valence-electron chi connectivity index (χ2n) is 4.24. The number of ether oxygens (including phenoxy) is 1. The molecule has 6 nitrogen and oxygen atoms in total. The summed E-state index contributed by atoms with van der Waals surface area (Å²) in [6, 6.07) is -0.910. The normalized spacial score (nSPS) is 34.3. The number of likely N-dealkylation sites (tertiary alicyclic amines) is 1. The zero-order valence-electron chi connectivity index (χ0n) is 8.83. The SMILES string of the molecule is O=C(O)[C@@H]1CC(O)CN1C(=O)[C@@H]1CCCO1. The number of amides is 1. The lowest BCUT2D eigenvalue weighted by Gasteiger charge is -2.23. The molecule has 0 radical (unpaired) electrons. The average Bonchev–Trinajstić information content (AvgIpc) is 2.84. The molecule has 2 aliphatic heterocycles. The van der Waals surface area contributed by atoms with Crippen LogP contribution in [0.3, 0.4) is 0 Å². The zero-order valence-corrected chi connectivity index (χ0v) is 8.83. The van der Waals surface area contributed by atoms with E-state index in [2.05, 4.69) is 0 Å². The summed E-state index contributed by atoms with van der Waals surface area (Å²) in [5, 5.41) is 18.4. The van der Waals surface area contributed by atoms with Crippen LogP contribution in [0.15, 0.2) is 0 Å². The number of carboxylic acids is 1. The van der Waals surface area contributed by atoms with Gasteiger partial charge in [-0.3, -0.25) is 4.79 Å². The summed E-state index contributed by atoms with van der Waals surface area (Å²) < 4.78 is 5.22. The Kier molecular flexibility index (Phi) is 3.11. The molecule has 2 saturated heterocycles. The number of carbonyl (C=O) groups excluding carboxylic acids is 1. The summed E-state index contributed by atoms with van der Waals surface area (Å²) in [5.41, 5.74) is 0. The van der Waals surface area contributed by atoms with Gasteiger partial charge in [-0.15, -0.1) is 0 Å². The molecule has 2 N–H and O–H groups in total. The molecule has 0 aromatic heterocycles. The van der Waals surface area contributed by atoms with E-state index < -0.39 is 24.2 Å². The molecule has 0 bridgehead atoms. The van der Waals surface area contributed by atoms with Crippen molar-refractivity contribution in [1.82, 2.24) is 4.90 Å². The second kappa shape index (κ2) is 4.39. The Morgan fingerprint density at radius 3 is 2.69 bits per heavy atom. The van der Waals surface area contributed by atoms with Crippen LogP contribution >= 0.6 is 0 Å². The maximum absolute atomic E-state index is 11.9. The van der Waals surface area contributed by atoms with E-state index in [0.717, 1.165) is 6.42 Å². The summed E-state index contributed by atoms with van der Waals surface area (Å²) in [5.74, 6) is -1.37. The van der Waals surface area contributed by atoms with E-state index in [-0.39, 0.29) is 18.9 Å². The molecule has 0 aromatic carbocycles. The Morgan fingerprint density at radius 2 is 2.12 bits per heavy atom. The van der Waals surface area contributed by atoms with Crippen LogP contribution in [-0.2, 0) is 14.3 Å². The fourth-order valence-electron chi connectivity index (χ4n) is 2.25. The minimum absolute atomic E-state index is 0.0929. The highest BCUT2D eigenvalue weighted by Crippen LogP contribution is 2.23. The van der Waals surface area contributed by atoms with Gasteiger partial charge in [0.1, 0.15) is 12.1 Å². The first-order valence-corrected chi connectivity index (χ1v) is 5.42. The van der Waals surface area contributed by atoms with Gasteiger partial charge in [0.25, 0.3) is 5.91 Å². The molecule has 0 saturated carbocycles. The molecule has 1 unspecified atom stereocenters. The predicted molar refractivity (Wildman–Crippen MR) is 52.7 cm³/mol. The van der Waals surface area contributed by atoms with Gasteiger partial charge in [0.15, 0.2) is 0 Å². The molecule has 2 fully saturated rings. The van der Waals surface area contributed by atoms with Crippen molar-refractivity contribution in [1.29, 1.82) is 0 Å². The number of hydrogen-bond acceptors (Lipinski definition) is 4. The minimum Gasteiger partial charge on any atom is -0.480 e. The van der Waals surface area contributed by atoms with Crippen molar-refractivity contribution in [2.75, 3.05) is 13.2 Å². The third kappa shape index (κ3) is 2.03. The minimum atomic E-state index is -1.07. The summed E-state index contributed by atoms with van der Waals surface area (Å²) in [6.45, 7) is 0.639. The highest BCUT2D eigenvalue weighted by molar-refractivity contribution is 5.87. The summed E-state index contributed by atoms with van der Waals surface area (Å²) >= 11 is 0. The van der Waals surface area contributed by atoms with E-state index >= 15 is 0 Å². The van der Waals surface area contributed by atoms with Crippen molar-refractivity contribution >= 4 is 11.9 Å². The van der Waals surface area contributed by atoms with Gasteiger partial charge in [-0.1, -0.05) is 0 Å². The molecule has 3 atom stereocenters. The number of nitrogens with zero attached hydrogens (tertiary/aromatic N) is 1. The molecule has 0 aliphatic carbocycles. The molecule has 90 valence electrons. The van der Waals surface area contributed by atoms with Crippen molar-refractivity contribution in [2.24, 2.45) is 0 Å². The van der Waals surface area contributed by atoms with Crippen molar-refractivity contribution < 1.29 is 24.5 Å². The van der Waals surface area contributed by atoms with Crippen LogP contribution in [-0.4, -0.2) is 58.4 Å². The third-order valence-corrected chi connectivity index (χ3v) is 3.05. The largest absolute Gasteiger partial charge is 0.480 e. The lowest BCUT2D eigenvalue weighted by molar-refractivity contribution is -0.152. The van der Waals surface area contributed by atoms with Crippen LogP contribution in [0.25, 0.3) is 0 Å². The Morgan fingerprint density at radius 1 is 1.38 bits per heavy atom.